The van der Waals surface area contributed by atoms with Crippen molar-refractivity contribution in [2.75, 3.05) is 12.4 Å². The highest BCUT2D eigenvalue weighted by Gasteiger charge is 2.07. The third-order valence-electron chi connectivity index (χ3n) is 3.55. The maximum Gasteiger partial charge on any atom is 0.337 e. The normalized spacial score (nSPS) is 10.8. The minimum Gasteiger partial charge on any atom is -0.462 e. The first-order valence-electron chi connectivity index (χ1n) is 8.16. The van der Waals surface area contributed by atoms with Crippen LogP contribution in [0, 0.1) is 5.82 Å². The van der Waals surface area contributed by atoms with E-state index in [2.05, 4.69) is 6.58 Å². The topological polar surface area (TPSA) is 56.5 Å². The maximum atomic E-state index is 13.2. The Morgan fingerprint density at radius 1 is 1.24 bits per heavy atom. The second-order valence-electron chi connectivity index (χ2n) is 5.75. The van der Waals surface area contributed by atoms with Gasteiger partial charge in [-0.05, 0) is 37.7 Å². The van der Waals surface area contributed by atoms with Crippen molar-refractivity contribution in [1.29, 1.82) is 0 Å². The number of hydrogen-bond acceptors (Lipinski definition) is 5. The third kappa shape index (κ3) is 6.05. The van der Waals surface area contributed by atoms with E-state index in [0.29, 0.717) is 12.2 Å². The van der Waals surface area contributed by atoms with Crippen LogP contribution in [-0.2, 0) is 9.53 Å². The van der Waals surface area contributed by atoms with Gasteiger partial charge in [-0.1, -0.05) is 19.4 Å². The highest BCUT2D eigenvalue weighted by atomic mass is 32.2. The molecule has 2 aromatic rings. The van der Waals surface area contributed by atoms with Gasteiger partial charge in [-0.25, -0.2) is 14.0 Å². The second-order valence-corrected chi connectivity index (χ2v) is 6.89. The van der Waals surface area contributed by atoms with Gasteiger partial charge in [-0.3, -0.25) is 0 Å². The Balaban J connectivity index is 1.74. The largest absolute Gasteiger partial charge is 0.462 e. The van der Waals surface area contributed by atoms with Crippen molar-refractivity contribution < 1.29 is 18.3 Å². The SMILES string of the molecule is C=C(C)C(=O)OCCCCCCSc1cc(=O)oc2cc(F)ccc12. The highest BCUT2D eigenvalue weighted by molar-refractivity contribution is 7.99. The predicted molar refractivity (Wildman–Crippen MR) is 97.4 cm³/mol. The van der Waals surface area contributed by atoms with Crippen molar-refractivity contribution in [3.8, 4) is 0 Å². The Morgan fingerprint density at radius 2 is 2.00 bits per heavy atom. The van der Waals surface area contributed by atoms with Crippen LogP contribution in [0.3, 0.4) is 0 Å². The summed E-state index contributed by atoms with van der Waals surface area (Å²) in [5, 5.41) is 0.748. The monoisotopic (exact) mass is 364 g/mol. The Morgan fingerprint density at radius 3 is 2.76 bits per heavy atom. The lowest BCUT2D eigenvalue weighted by atomic mass is 10.2. The van der Waals surface area contributed by atoms with E-state index >= 15 is 0 Å². The summed E-state index contributed by atoms with van der Waals surface area (Å²) in [6, 6.07) is 5.67. The zero-order valence-electron chi connectivity index (χ0n) is 14.2. The first-order chi connectivity index (χ1) is 12.0. The molecule has 0 atom stereocenters. The lowest BCUT2D eigenvalue weighted by molar-refractivity contribution is -0.139. The fourth-order valence-corrected chi connectivity index (χ4v) is 3.33. The van der Waals surface area contributed by atoms with Crippen molar-refractivity contribution in [2.24, 2.45) is 0 Å². The van der Waals surface area contributed by atoms with E-state index in [1.54, 1.807) is 24.8 Å². The molecule has 0 fully saturated rings. The van der Waals surface area contributed by atoms with Gasteiger partial charge in [0.05, 0.1) is 6.61 Å². The van der Waals surface area contributed by atoms with Crippen LogP contribution in [0.15, 0.2) is 50.5 Å². The minimum atomic E-state index is -0.472. The molecule has 0 amide bonds. The number of esters is 1. The van der Waals surface area contributed by atoms with Gasteiger partial charge >= 0.3 is 11.6 Å². The van der Waals surface area contributed by atoms with E-state index in [-0.39, 0.29) is 11.6 Å². The smallest absolute Gasteiger partial charge is 0.337 e. The quantitative estimate of drug-likeness (QED) is 0.212. The van der Waals surface area contributed by atoms with Gasteiger partial charge in [0.2, 0.25) is 0 Å². The molecule has 4 nitrogen and oxygen atoms in total. The molecule has 0 aliphatic carbocycles. The van der Waals surface area contributed by atoms with Gasteiger partial charge in [-0.2, -0.15) is 0 Å². The molecule has 0 radical (unpaired) electrons. The number of rotatable bonds is 9. The van der Waals surface area contributed by atoms with Crippen LogP contribution in [0.2, 0.25) is 0 Å². The molecule has 0 aliphatic heterocycles. The van der Waals surface area contributed by atoms with E-state index in [0.717, 1.165) is 41.7 Å². The molecule has 1 aromatic carbocycles. The molecule has 0 saturated heterocycles. The van der Waals surface area contributed by atoms with Crippen LogP contribution in [0.4, 0.5) is 4.39 Å². The van der Waals surface area contributed by atoms with Gasteiger partial charge in [-0.15, -0.1) is 11.8 Å². The first kappa shape index (κ1) is 19.2. The molecule has 0 unspecified atom stereocenters. The Hall–Kier alpha value is -2.08. The summed E-state index contributed by atoms with van der Waals surface area (Å²) in [6.07, 6.45) is 3.77. The number of carbonyl (C=O) groups is 1. The molecule has 0 N–H and O–H groups in total. The number of ether oxygens (including phenoxy) is 1. The fraction of sp³-hybridized carbons (Fsp3) is 0.368. The molecular weight excluding hydrogens is 343 g/mol. The number of carbonyl (C=O) groups excluding carboxylic acids is 1. The predicted octanol–water partition coefficient (Wildman–Crippen LogP) is 4.70. The van der Waals surface area contributed by atoms with Gasteiger partial charge < -0.3 is 9.15 Å². The van der Waals surface area contributed by atoms with Gasteiger partial charge in [0.15, 0.2) is 0 Å². The van der Waals surface area contributed by atoms with Crippen LogP contribution < -0.4 is 5.63 Å². The maximum absolute atomic E-state index is 13.2. The molecule has 2 rings (SSSR count). The van der Waals surface area contributed by atoms with Gasteiger partial charge in [0.1, 0.15) is 11.4 Å². The van der Waals surface area contributed by atoms with Crippen LogP contribution in [0.25, 0.3) is 11.0 Å². The van der Waals surface area contributed by atoms with Crippen LogP contribution in [-0.4, -0.2) is 18.3 Å². The van der Waals surface area contributed by atoms with Crippen LogP contribution >= 0.6 is 11.8 Å². The van der Waals surface area contributed by atoms with Crippen molar-refractivity contribution in [3.05, 3.63) is 52.7 Å². The van der Waals surface area contributed by atoms with E-state index in [1.165, 1.54) is 18.2 Å². The lowest BCUT2D eigenvalue weighted by Crippen LogP contribution is -2.06. The zero-order valence-corrected chi connectivity index (χ0v) is 15.0. The van der Waals surface area contributed by atoms with Crippen molar-refractivity contribution in [1.82, 2.24) is 0 Å². The van der Waals surface area contributed by atoms with Crippen molar-refractivity contribution >= 4 is 28.7 Å². The molecule has 1 aromatic heterocycles. The molecule has 0 bridgehead atoms. The standard InChI is InChI=1S/C19H21FO4S/c1-13(2)19(22)23-9-5-3-4-6-10-25-17-12-18(21)24-16-11-14(20)7-8-15(16)17/h7-8,11-12H,1,3-6,9-10H2,2H3. The fourth-order valence-electron chi connectivity index (χ4n) is 2.25. The van der Waals surface area contributed by atoms with Crippen molar-refractivity contribution in [3.63, 3.8) is 0 Å². The number of hydrogen-bond donors (Lipinski definition) is 0. The molecule has 0 saturated carbocycles. The molecule has 0 aliphatic rings. The zero-order chi connectivity index (χ0) is 18.2. The van der Waals surface area contributed by atoms with E-state index < -0.39 is 11.4 Å². The summed E-state index contributed by atoms with van der Waals surface area (Å²) in [5.41, 5.74) is 0.213. The highest BCUT2D eigenvalue weighted by Crippen LogP contribution is 2.27. The summed E-state index contributed by atoms with van der Waals surface area (Å²) in [6.45, 7) is 5.57. The van der Waals surface area contributed by atoms with E-state index in [4.69, 9.17) is 9.15 Å². The van der Waals surface area contributed by atoms with Crippen LogP contribution in [0.5, 0.6) is 0 Å². The molecule has 134 valence electrons. The molecule has 0 spiro atoms. The summed E-state index contributed by atoms with van der Waals surface area (Å²) in [4.78, 5) is 23.6. The number of unbranched alkanes of at least 4 members (excludes halogenated alkanes) is 3. The van der Waals surface area contributed by atoms with E-state index in [1.807, 2.05) is 0 Å². The minimum absolute atomic E-state index is 0.273. The number of benzene rings is 1. The molecule has 6 heteroatoms. The van der Waals surface area contributed by atoms with Gasteiger partial charge in [0, 0.05) is 28.0 Å². The Kier molecular flexibility index (Phi) is 7.25. The molecule has 25 heavy (non-hydrogen) atoms. The Bertz CT molecular complexity index is 813. The van der Waals surface area contributed by atoms with Crippen molar-refractivity contribution in [2.45, 2.75) is 37.5 Å². The number of fused-ring (bicyclic) bond motifs is 1. The summed E-state index contributed by atoms with van der Waals surface area (Å²) < 4.78 is 23.3. The summed E-state index contributed by atoms with van der Waals surface area (Å²) in [7, 11) is 0. The lowest BCUT2D eigenvalue weighted by Gasteiger charge is -2.06. The average Bonchev–Trinajstić information content (AvgIpc) is 2.56. The Labute approximate surface area is 150 Å². The van der Waals surface area contributed by atoms with Crippen LogP contribution in [0.1, 0.15) is 32.6 Å². The van der Waals surface area contributed by atoms with Gasteiger partial charge in [0.25, 0.3) is 0 Å². The number of thioether (sulfide) groups is 1. The third-order valence-corrected chi connectivity index (χ3v) is 4.69. The molecule has 1 heterocycles. The number of halogens is 1. The summed E-state index contributed by atoms with van der Waals surface area (Å²) in [5.74, 6) is 0.0773. The second kappa shape index (κ2) is 9.42. The first-order valence-corrected chi connectivity index (χ1v) is 9.15. The average molecular weight is 364 g/mol. The summed E-state index contributed by atoms with van der Waals surface area (Å²) >= 11 is 1.56. The van der Waals surface area contributed by atoms with E-state index in [9.17, 15) is 14.0 Å². The molecular formula is C19H21FO4S.